The number of halogens is 3. The molecule has 0 aliphatic heterocycles. The average Bonchev–Trinajstić information content (AvgIpc) is 2.01. The fourth-order valence-corrected chi connectivity index (χ4v) is 0.862. The number of nitrogens with zero attached hydrogens (tertiary/aromatic N) is 1. The third kappa shape index (κ3) is 2.59. The van der Waals surface area contributed by atoms with E-state index in [9.17, 15) is 13.2 Å². The highest BCUT2D eigenvalue weighted by Gasteiger charge is 2.35. The molecule has 6 heteroatoms. The zero-order chi connectivity index (χ0) is 10.8. The van der Waals surface area contributed by atoms with E-state index in [0.717, 1.165) is 18.3 Å². The molecule has 14 heavy (non-hydrogen) atoms. The Kier molecular flexibility index (Phi) is 2.95. The lowest BCUT2D eigenvalue weighted by Gasteiger charge is -2.13. The Balaban J connectivity index is 3.04. The molecule has 0 radical (unpaired) electrons. The molecule has 1 N–H and O–H groups in total. The monoisotopic (exact) mass is 207 g/mol. The topological polar surface area (TPSA) is 42.4 Å². The largest absolute Gasteiger partial charge is 0.448 e. The van der Waals surface area contributed by atoms with Gasteiger partial charge < -0.3 is 9.84 Å². The molecule has 0 aromatic carbocycles. The first-order chi connectivity index (χ1) is 6.41. The van der Waals surface area contributed by atoms with Crippen LogP contribution < -0.4 is 4.74 Å². The van der Waals surface area contributed by atoms with E-state index >= 15 is 0 Å². The summed E-state index contributed by atoms with van der Waals surface area (Å²) in [5, 5.41) is 8.77. The van der Waals surface area contributed by atoms with Gasteiger partial charge in [0.15, 0.2) is 6.29 Å². The first kappa shape index (κ1) is 10.8. The third-order valence-electron chi connectivity index (χ3n) is 1.36. The Morgan fingerprint density at radius 3 is 2.64 bits per heavy atom. The van der Waals surface area contributed by atoms with Gasteiger partial charge >= 0.3 is 6.18 Å². The van der Waals surface area contributed by atoms with Crippen molar-refractivity contribution in [1.29, 1.82) is 0 Å². The van der Waals surface area contributed by atoms with E-state index in [2.05, 4.69) is 9.72 Å². The van der Waals surface area contributed by atoms with Crippen LogP contribution in [0, 0.1) is 0 Å². The van der Waals surface area contributed by atoms with Gasteiger partial charge in [-0.15, -0.1) is 0 Å². The molecule has 3 nitrogen and oxygen atoms in total. The maximum absolute atomic E-state index is 12.3. The maximum atomic E-state index is 12.3. The van der Waals surface area contributed by atoms with E-state index < -0.39 is 23.9 Å². The lowest BCUT2D eigenvalue weighted by Crippen LogP contribution is -2.15. The van der Waals surface area contributed by atoms with Crippen LogP contribution >= 0.6 is 0 Å². The van der Waals surface area contributed by atoms with E-state index in [4.69, 9.17) is 5.11 Å². The molecule has 0 spiro atoms. The van der Waals surface area contributed by atoms with Gasteiger partial charge in [0, 0.05) is 6.20 Å². The minimum Gasteiger partial charge on any atom is -0.448 e. The Morgan fingerprint density at radius 1 is 1.50 bits per heavy atom. The van der Waals surface area contributed by atoms with Gasteiger partial charge in [0.25, 0.3) is 0 Å². The van der Waals surface area contributed by atoms with Gasteiger partial charge in [-0.25, -0.2) is 4.98 Å². The van der Waals surface area contributed by atoms with Crippen LogP contribution in [0.25, 0.3) is 0 Å². The molecule has 78 valence electrons. The number of ether oxygens (including phenoxy) is 1. The predicted molar refractivity (Wildman–Crippen MR) is 41.5 cm³/mol. The van der Waals surface area contributed by atoms with E-state index in [1.165, 1.54) is 6.92 Å². The summed E-state index contributed by atoms with van der Waals surface area (Å²) in [4.78, 5) is 3.38. The Hall–Kier alpha value is -1.30. The highest BCUT2D eigenvalue weighted by molar-refractivity contribution is 5.28. The standard InChI is InChI=1S/C8H8F3NO2/c1-5(13)14-7-6(8(9,10)11)3-2-4-12-7/h2-5,13H,1H3. The zero-order valence-corrected chi connectivity index (χ0v) is 7.25. The molecular weight excluding hydrogens is 199 g/mol. The van der Waals surface area contributed by atoms with Crippen LogP contribution in [0.15, 0.2) is 18.3 Å². The zero-order valence-electron chi connectivity index (χ0n) is 7.25. The molecule has 1 unspecified atom stereocenters. The molecule has 1 rings (SSSR count). The van der Waals surface area contributed by atoms with Crippen LogP contribution in [0.1, 0.15) is 12.5 Å². The molecule has 0 aliphatic carbocycles. The van der Waals surface area contributed by atoms with E-state index in [1.807, 2.05) is 0 Å². The average molecular weight is 207 g/mol. The van der Waals surface area contributed by atoms with Crippen LogP contribution in [-0.2, 0) is 6.18 Å². The van der Waals surface area contributed by atoms with Crippen molar-refractivity contribution in [3.63, 3.8) is 0 Å². The van der Waals surface area contributed by atoms with Crippen molar-refractivity contribution < 1.29 is 23.0 Å². The molecule has 0 fully saturated rings. The first-order valence-corrected chi connectivity index (χ1v) is 3.78. The molecule has 0 aliphatic rings. The predicted octanol–water partition coefficient (Wildman–Crippen LogP) is 1.82. The molecule has 0 amide bonds. The molecular formula is C8H8F3NO2. The fraction of sp³-hybridized carbons (Fsp3) is 0.375. The van der Waals surface area contributed by atoms with Crippen LogP contribution in [0.3, 0.4) is 0 Å². The van der Waals surface area contributed by atoms with Gasteiger partial charge in [0.05, 0.1) is 0 Å². The Labute approximate surface area is 78.2 Å². The summed E-state index contributed by atoms with van der Waals surface area (Å²) < 4.78 is 41.4. The second kappa shape index (κ2) is 3.83. The highest BCUT2D eigenvalue weighted by atomic mass is 19.4. The molecule has 1 heterocycles. The lowest BCUT2D eigenvalue weighted by molar-refractivity contribution is -0.141. The summed E-state index contributed by atoms with van der Waals surface area (Å²) in [5.41, 5.74) is -0.999. The van der Waals surface area contributed by atoms with Crippen LogP contribution in [0.4, 0.5) is 13.2 Å². The van der Waals surface area contributed by atoms with Crippen molar-refractivity contribution in [3.05, 3.63) is 23.9 Å². The fourth-order valence-electron chi connectivity index (χ4n) is 0.862. The number of alkyl halides is 3. The smallest absolute Gasteiger partial charge is 0.421 e. The van der Waals surface area contributed by atoms with Crippen LogP contribution in [0.5, 0.6) is 5.88 Å². The second-order valence-electron chi connectivity index (χ2n) is 2.57. The SMILES string of the molecule is CC(O)Oc1ncccc1C(F)(F)F. The van der Waals surface area contributed by atoms with Crippen LogP contribution in [-0.4, -0.2) is 16.4 Å². The third-order valence-corrected chi connectivity index (χ3v) is 1.36. The molecule has 1 aromatic heterocycles. The van der Waals surface area contributed by atoms with Crippen molar-refractivity contribution >= 4 is 0 Å². The molecule has 0 bridgehead atoms. The number of hydrogen-bond acceptors (Lipinski definition) is 3. The summed E-state index contributed by atoms with van der Waals surface area (Å²) in [6.07, 6.45) is -4.70. The van der Waals surface area contributed by atoms with Gasteiger partial charge in [0.1, 0.15) is 5.56 Å². The Bertz CT molecular complexity index is 312. The normalized spacial score (nSPS) is 13.8. The van der Waals surface area contributed by atoms with Crippen molar-refractivity contribution in [2.24, 2.45) is 0 Å². The van der Waals surface area contributed by atoms with Crippen molar-refractivity contribution in [2.75, 3.05) is 0 Å². The summed E-state index contributed by atoms with van der Waals surface area (Å²) in [5.74, 6) is -0.616. The van der Waals surface area contributed by atoms with E-state index in [-0.39, 0.29) is 0 Å². The minimum atomic E-state index is -4.53. The minimum absolute atomic E-state index is 0.616. The number of pyridine rings is 1. The number of aromatic nitrogens is 1. The Morgan fingerprint density at radius 2 is 2.14 bits per heavy atom. The quantitative estimate of drug-likeness (QED) is 0.752. The summed E-state index contributed by atoms with van der Waals surface area (Å²) in [6.45, 7) is 1.20. The lowest BCUT2D eigenvalue weighted by atomic mass is 10.2. The molecule has 0 saturated carbocycles. The van der Waals surface area contributed by atoms with Crippen LogP contribution in [0.2, 0.25) is 0 Å². The molecule has 1 atom stereocenters. The summed E-state index contributed by atoms with van der Waals surface area (Å²) in [7, 11) is 0. The van der Waals surface area contributed by atoms with Gasteiger partial charge in [-0.1, -0.05) is 0 Å². The highest BCUT2D eigenvalue weighted by Crippen LogP contribution is 2.34. The number of aliphatic hydroxyl groups is 1. The number of hydrogen-bond donors (Lipinski definition) is 1. The number of aliphatic hydroxyl groups excluding tert-OH is 1. The van der Waals surface area contributed by atoms with Crippen molar-refractivity contribution in [1.82, 2.24) is 4.98 Å². The van der Waals surface area contributed by atoms with Crippen molar-refractivity contribution in [2.45, 2.75) is 19.4 Å². The second-order valence-corrected chi connectivity index (χ2v) is 2.57. The first-order valence-electron chi connectivity index (χ1n) is 3.78. The molecule has 0 saturated heterocycles. The molecule has 1 aromatic rings. The number of rotatable bonds is 2. The summed E-state index contributed by atoms with van der Waals surface area (Å²) >= 11 is 0. The van der Waals surface area contributed by atoms with Gasteiger partial charge in [-0.05, 0) is 19.1 Å². The summed E-state index contributed by atoms with van der Waals surface area (Å²) in [6, 6.07) is 1.99. The van der Waals surface area contributed by atoms with Gasteiger partial charge in [-0.2, -0.15) is 13.2 Å². The van der Waals surface area contributed by atoms with E-state index in [1.54, 1.807) is 0 Å². The van der Waals surface area contributed by atoms with Gasteiger partial charge in [0.2, 0.25) is 5.88 Å². The van der Waals surface area contributed by atoms with Crippen molar-refractivity contribution in [3.8, 4) is 5.88 Å². The van der Waals surface area contributed by atoms with Gasteiger partial charge in [-0.3, -0.25) is 0 Å². The maximum Gasteiger partial charge on any atom is 0.421 e. The van der Waals surface area contributed by atoms with E-state index in [0.29, 0.717) is 0 Å².